The zero-order valence-electron chi connectivity index (χ0n) is 4.68. The first kappa shape index (κ1) is 10.7. The van der Waals surface area contributed by atoms with E-state index in [9.17, 15) is 13.2 Å². The lowest BCUT2D eigenvalue weighted by Crippen LogP contribution is -2.25. The first-order valence-electron chi connectivity index (χ1n) is 2.27. The van der Waals surface area contributed by atoms with Gasteiger partial charge in [-0.25, -0.2) is 13.2 Å². The van der Waals surface area contributed by atoms with E-state index in [1.807, 2.05) is 0 Å². The summed E-state index contributed by atoms with van der Waals surface area (Å²) in [7, 11) is 0. The Morgan fingerprint density at radius 1 is 1.10 bits per heavy atom. The molecule has 0 amide bonds. The topological polar surface area (TPSA) is 0 Å². The van der Waals surface area contributed by atoms with Crippen molar-refractivity contribution >= 4 is 34.8 Å². The van der Waals surface area contributed by atoms with Crippen LogP contribution in [0.4, 0.5) is 13.2 Å². The first-order valence-corrected chi connectivity index (χ1v) is 3.41. The van der Waals surface area contributed by atoms with Gasteiger partial charge in [0, 0.05) is 0 Å². The maximum atomic E-state index is 12.0. The summed E-state index contributed by atoms with van der Waals surface area (Å²) < 4.78 is 33.3. The molecule has 0 nitrogen and oxygen atoms in total. The second-order valence-corrected chi connectivity index (χ2v) is 4.30. The van der Waals surface area contributed by atoms with Gasteiger partial charge in [-0.15, -0.1) is 0 Å². The van der Waals surface area contributed by atoms with Crippen molar-refractivity contribution in [3.63, 3.8) is 0 Å². The van der Waals surface area contributed by atoms with E-state index in [-0.39, 0.29) is 0 Å². The molecular weight excluding hydrogens is 211 g/mol. The molecule has 0 bridgehead atoms. The van der Waals surface area contributed by atoms with Crippen LogP contribution in [-0.2, 0) is 0 Å². The molecule has 0 aromatic carbocycles. The molecule has 0 saturated carbocycles. The highest BCUT2D eigenvalue weighted by molar-refractivity contribution is 6.67. The molecule has 0 aliphatic heterocycles. The van der Waals surface area contributed by atoms with Gasteiger partial charge in [-0.2, -0.15) is 0 Å². The first-order chi connectivity index (χ1) is 4.27. The van der Waals surface area contributed by atoms with Crippen molar-refractivity contribution < 1.29 is 13.2 Å². The molecule has 0 heterocycles. The van der Waals surface area contributed by atoms with Crippen molar-refractivity contribution in [2.45, 2.75) is 16.1 Å². The Labute approximate surface area is 71.2 Å². The molecule has 0 fully saturated rings. The van der Waals surface area contributed by atoms with Gasteiger partial charge in [-0.3, -0.25) is 0 Å². The van der Waals surface area contributed by atoms with Gasteiger partial charge in [-0.05, 0) is 0 Å². The van der Waals surface area contributed by atoms with Crippen LogP contribution in [-0.4, -0.2) is 16.4 Å². The van der Waals surface area contributed by atoms with E-state index in [2.05, 4.69) is 0 Å². The SMILES string of the molecule is FCC(F)(F)CC(Cl)(Cl)Cl. The summed E-state index contributed by atoms with van der Waals surface area (Å²) in [4.78, 5) is 0. The average molecular weight is 215 g/mol. The summed E-state index contributed by atoms with van der Waals surface area (Å²) >= 11 is 14.9. The second kappa shape index (κ2) is 3.37. The fourth-order valence-corrected chi connectivity index (χ4v) is 0.927. The molecule has 0 rings (SSSR count). The summed E-state index contributed by atoms with van der Waals surface area (Å²) in [6, 6.07) is 0. The molecule has 0 aromatic rings. The largest absolute Gasteiger partial charge is 0.280 e. The van der Waals surface area contributed by atoms with E-state index in [0.717, 1.165) is 0 Å². The normalized spacial score (nSPS) is 13.8. The Morgan fingerprint density at radius 3 is 1.60 bits per heavy atom. The van der Waals surface area contributed by atoms with Crippen LogP contribution in [0.2, 0.25) is 0 Å². The lowest BCUT2D eigenvalue weighted by Gasteiger charge is -2.17. The van der Waals surface area contributed by atoms with E-state index in [1.54, 1.807) is 0 Å². The molecule has 0 spiro atoms. The van der Waals surface area contributed by atoms with Gasteiger partial charge in [0.2, 0.25) is 0 Å². The van der Waals surface area contributed by atoms with Crippen LogP contribution >= 0.6 is 34.8 Å². The van der Waals surface area contributed by atoms with Gasteiger partial charge in [0.1, 0.15) is 0 Å². The minimum atomic E-state index is -3.54. The van der Waals surface area contributed by atoms with Gasteiger partial charge < -0.3 is 0 Å². The lowest BCUT2D eigenvalue weighted by molar-refractivity contribution is -0.0288. The molecule has 0 saturated heterocycles. The Balaban J connectivity index is 3.89. The number of alkyl halides is 6. The standard InChI is InChI=1S/C4H4Cl3F3/c5-4(6,7)1-3(9,10)2-8/h1-2H2. The van der Waals surface area contributed by atoms with Gasteiger partial charge in [0.25, 0.3) is 5.92 Å². The number of hydrogen-bond acceptors (Lipinski definition) is 0. The van der Waals surface area contributed by atoms with E-state index in [0.29, 0.717) is 0 Å². The Kier molecular flexibility index (Phi) is 3.59. The fourth-order valence-electron chi connectivity index (χ4n) is 0.341. The molecule has 10 heavy (non-hydrogen) atoms. The quantitative estimate of drug-likeness (QED) is 0.620. The van der Waals surface area contributed by atoms with E-state index < -0.39 is 22.8 Å². The van der Waals surface area contributed by atoms with Crippen LogP contribution in [0.5, 0.6) is 0 Å². The molecule has 0 aliphatic carbocycles. The second-order valence-electron chi connectivity index (χ2n) is 1.78. The predicted molar refractivity (Wildman–Crippen MR) is 35.8 cm³/mol. The highest BCUT2D eigenvalue weighted by atomic mass is 35.6. The van der Waals surface area contributed by atoms with Crippen molar-refractivity contribution in [3.05, 3.63) is 0 Å². The average Bonchev–Trinajstić information content (AvgIpc) is 1.60. The molecule has 0 aromatic heterocycles. The number of rotatable bonds is 2. The summed E-state index contributed by atoms with van der Waals surface area (Å²) in [6.45, 7) is -1.80. The van der Waals surface area contributed by atoms with Crippen molar-refractivity contribution in [3.8, 4) is 0 Å². The molecule has 0 N–H and O–H groups in total. The zero-order chi connectivity index (χ0) is 8.41. The van der Waals surface area contributed by atoms with Crippen molar-refractivity contribution in [1.82, 2.24) is 0 Å². The van der Waals surface area contributed by atoms with Crippen LogP contribution in [0.25, 0.3) is 0 Å². The van der Waals surface area contributed by atoms with Crippen molar-refractivity contribution in [2.24, 2.45) is 0 Å². The molecule has 0 atom stereocenters. The molecule has 0 radical (unpaired) electrons. The molecule has 6 heteroatoms. The maximum Gasteiger partial charge on any atom is 0.280 e. The van der Waals surface area contributed by atoms with Crippen LogP contribution < -0.4 is 0 Å². The van der Waals surface area contributed by atoms with Crippen molar-refractivity contribution in [1.29, 1.82) is 0 Å². The van der Waals surface area contributed by atoms with E-state index in [1.165, 1.54) is 0 Å². The Morgan fingerprint density at radius 2 is 1.50 bits per heavy atom. The highest BCUT2D eigenvalue weighted by Gasteiger charge is 2.38. The Hall–Kier alpha value is 0.660. The molecule has 0 unspecified atom stereocenters. The third-order valence-electron chi connectivity index (χ3n) is 0.655. The molecule has 62 valence electrons. The van der Waals surface area contributed by atoms with Gasteiger partial charge in [-0.1, -0.05) is 34.8 Å². The molecule has 0 aliphatic rings. The Bertz CT molecular complexity index is 109. The van der Waals surface area contributed by atoms with Crippen LogP contribution in [0.15, 0.2) is 0 Å². The van der Waals surface area contributed by atoms with Crippen LogP contribution in [0.1, 0.15) is 6.42 Å². The minimum absolute atomic E-state index is 1.10. The van der Waals surface area contributed by atoms with Crippen molar-refractivity contribution in [2.75, 3.05) is 6.67 Å². The number of hydrogen-bond donors (Lipinski definition) is 0. The zero-order valence-corrected chi connectivity index (χ0v) is 6.95. The predicted octanol–water partition coefficient (Wildman–Crippen LogP) is 3.35. The third kappa shape index (κ3) is 5.45. The monoisotopic (exact) mass is 214 g/mol. The summed E-state index contributed by atoms with van der Waals surface area (Å²) in [5.74, 6) is -3.54. The highest BCUT2D eigenvalue weighted by Crippen LogP contribution is 2.37. The summed E-state index contributed by atoms with van der Waals surface area (Å²) in [5.41, 5.74) is 0. The summed E-state index contributed by atoms with van der Waals surface area (Å²) in [6.07, 6.45) is -1.10. The number of halogens is 6. The smallest absolute Gasteiger partial charge is 0.244 e. The van der Waals surface area contributed by atoms with E-state index in [4.69, 9.17) is 34.8 Å². The maximum absolute atomic E-state index is 12.0. The van der Waals surface area contributed by atoms with E-state index >= 15 is 0 Å². The van der Waals surface area contributed by atoms with Crippen LogP contribution in [0, 0.1) is 0 Å². The minimum Gasteiger partial charge on any atom is -0.244 e. The summed E-state index contributed by atoms with van der Waals surface area (Å²) in [5, 5.41) is 0. The molecular formula is C4H4Cl3F3. The van der Waals surface area contributed by atoms with Gasteiger partial charge >= 0.3 is 0 Å². The van der Waals surface area contributed by atoms with Gasteiger partial charge in [0.15, 0.2) is 10.5 Å². The lowest BCUT2D eigenvalue weighted by atomic mass is 10.3. The fraction of sp³-hybridized carbons (Fsp3) is 1.00. The van der Waals surface area contributed by atoms with Crippen LogP contribution in [0.3, 0.4) is 0 Å². The third-order valence-corrected chi connectivity index (χ3v) is 1.06. The van der Waals surface area contributed by atoms with Gasteiger partial charge in [0.05, 0.1) is 6.42 Å².